The molecule has 3 rings (SSSR count). The lowest BCUT2D eigenvalue weighted by atomic mass is 10.2. The Morgan fingerprint density at radius 1 is 1.30 bits per heavy atom. The molecule has 0 bridgehead atoms. The molecule has 0 unspecified atom stereocenters. The molecule has 2 aromatic heterocycles. The Morgan fingerprint density at radius 3 is 2.91 bits per heavy atom. The van der Waals surface area contributed by atoms with Crippen LogP contribution in [0, 0.1) is 12.7 Å². The van der Waals surface area contributed by atoms with Gasteiger partial charge >= 0.3 is 0 Å². The molecule has 0 aliphatic rings. The second-order valence-electron chi connectivity index (χ2n) is 5.36. The van der Waals surface area contributed by atoms with Crippen LogP contribution < -0.4 is 0 Å². The fraction of sp³-hybridized carbons (Fsp3) is 0.312. The van der Waals surface area contributed by atoms with Gasteiger partial charge in [-0.2, -0.15) is 0 Å². The Bertz CT molecular complexity index is 786. The summed E-state index contributed by atoms with van der Waals surface area (Å²) in [5.74, 6) is 0.540. The van der Waals surface area contributed by atoms with Crippen LogP contribution in [0.1, 0.15) is 16.5 Å². The number of likely N-dealkylation sites (N-methyl/N-ethyl adjacent to an activating group) is 1. The van der Waals surface area contributed by atoms with E-state index < -0.39 is 0 Å². The summed E-state index contributed by atoms with van der Waals surface area (Å²) in [5, 5.41) is 8.02. The number of nitrogens with zero attached hydrogens (tertiary/aromatic N) is 4. The lowest BCUT2D eigenvalue weighted by molar-refractivity contribution is 0.293. The fourth-order valence-corrected chi connectivity index (χ4v) is 2.99. The molecule has 0 saturated heterocycles. The number of aromatic nitrogens is 3. The molecule has 0 spiro atoms. The van der Waals surface area contributed by atoms with E-state index in [1.807, 2.05) is 19.5 Å². The van der Waals surface area contributed by atoms with Crippen molar-refractivity contribution < 1.29 is 8.81 Å². The Labute approximate surface area is 137 Å². The van der Waals surface area contributed by atoms with Crippen molar-refractivity contribution in [2.45, 2.75) is 19.9 Å². The largest absolute Gasteiger partial charge is 0.419 e. The van der Waals surface area contributed by atoms with E-state index in [0.29, 0.717) is 23.9 Å². The number of hydrogen-bond acceptors (Lipinski definition) is 6. The smallest absolute Gasteiger partial charge is 0.247 e. The number of benzene rings is 1. The zero-order valence-electron chi connectivity index (χ0n) is 13.0. The fourth-order valence-electron chi connectivity index (χ4n) is 2.22. The van der Waals surface area contributed by atoms with Crippen molar-refractivity contribution in [2.24, 2.45) is 0 Å². The highest BCUT2D eigenvalue weighted by molar-refractivity contribution is 7.09. The molecule has 7 heteroatoms. The first-order valence-electron chi connectivity index (χ1n) is 7.27. The van der Waals surface area contributed by atoms with Gasteiger partial charge in [0.25, 0.3) is 0 Å². The number of halogens is 1. The minimum atomic E-state index is -0.320. The second kappa shape index (κ2) is 6.97. The number of hydrogen-bond donors (Lipinski definition) is 0. The monoisotopic (exact) mass is 332 g/mol. The minimum absolute atomic E-state index is 0.320. The summed E-state index contributed by atoms with van der Waals surface area (Å²) in [7, 11) is 2.00. The van der Waals surface area contributed by atoms with E-state index in [0.717, 1.165) is 18.7 Å². The van der Waals surface area contributed by atoms with E-state index in [9.17, 15) is 4.39 Å². The summed E-state index contributed by atoms with van der Waals surface area (Å²) < 4.78 is 18.9. The molecule has 5 nitrogen and oxygen atoms in total. The topological polar surface area (TPSA) is 55.1 Å². The molecule has 0 N–H and O–H groups in total. The van der Waals surface area contributed by atoms with E-state index in [2.05, 4.69) is 20.1 Å². The molecule has 0 aliphatic heterocycles. The first-order chi connectivity index (χ1) is 11.1. The van der Waals surface area contributed by atoms with E-state index in [-0.39, 0.29) is 5.82 Å². The molecule has 23 heavy (non-hydrogen) atoms. The van der Waals surface area contributed by atoms with Crippen LogP contribution in [0.4, 0.5) is 4.39 Å². The van der Waals surface area contributed by atoms with Gasteiger partial charge in [0, 0.05) is 17.0 Å². The summed E-state index contributed by atoms with van der Waals surface area (Å²) in [6.45, 7) is 3.45. The highest BCUT2D eigenvalue weighted by Gasteiger charge is 2.12. The molecule has 2 heterocycles. The van der Waals surface area contributed by atoms with Crippen LogP contribution in [0.5, 0.6) is 0 Å². The molecule has 1 aromatic carbocycles. The SMILES string of the molecule is Cc1ncsc1CCN(C)Cc1nnc(-c2cccc(F)c2)o1. The van der Waals surface area contributed by atoms with Crippen LogP contribution in [0.25, 0.3) is 11.5 Å². The number of rotatable bonds is 6. The third kappa shape index (κ3) is 4.00. The molecule has 120 valence electrons. The highest BCUT2D eigenvalue weighted by atomic mass is 32.1. The third-order valence-electron chi connectivity index (χ3n) is 3.51. The van der Waals surface area contributed by atoms with Gasteiger partial charge in [-0.1, -0.05) is 6.07 Å². The van der Waals surface area contributed by atoms with Crippen LogP contribution in [0.15, 0.2) is 34.2 Å². The predicted molar refractivity (Wildman–Crippen MR) is 86.6 cm³/mol. The number of thiazole rings is 1. The first kappa shape index (κ1) is 15.8. The minimum Gasteiger partial charge on any atom is -0.419 e. The predicted octanol–water partition coefficient (Wildman–Crippen LogP) is 3.32. The van der Waals surface area contributed by atoms with Crippen molar-refractivity contribution in [1.29, 1.82) is 0 Å². The van der Waals surface area contributed by atoms with E-state index in [1.165, 1.54) is 17.0 Å². The molecule has 0 atom stereocenters. The van der Waals surface area contributed by atoms with Gasteiger partial charge in [0.05, 0.1) is 17.7 Å². The van der Waals surface area contributed by atoms with Gasteiger partial charge in [-0.15, -0.1) is 21.5 Å². The molecule has 0 amide bonds. The van der Waals surface area contributed by atoms with Crippen molar-refractivity contribution in [3.63, 3.8) is 0 Å². The van der Waals surface area contributed by atoms with Crippen LogP contribution in [0.2, 0.25) is 0 Å². The van der Waals surface area contributed by atoms with Crippen LogP contribution in [0.3, 0.4) is 0 Å². The Kier molecular flexibility index (Phi) is 4.78. The molecule has 0 fully saturated rings. The summed E-state index contributed by atoms with van der Waals surface area (Å²) >= 11 is 1.68. The molecule has 0 aliphatic carbocycles. The maximum Gasteiger partial charge on any atom is 0.247 e. The van der Waals surface area contributed by atoms with Gasteiger partial charge in [0.2, 0.25) is 11.8 Å². The zero-order valence-corrected chi connectivity index (χ0v) is 13.8. The highest BCUT2D eigenvalue weighted by Crippen LogP contribution is 2.19. The molecule has 0 saturated carbocycles. The average molecular weight is 332 g/mol. The van der Waals surface area contributed by atoms with Crippen LogP contribution in [-0.4, -0.2) is 33.7 Å². The van der Waals surface area contributed by atoms with E-state index >= 15 is 0 Å². The third-order valence-corrected chi connectivity index (χ3v) is 4.50. The van der Waals surface area contributed by atoms with Gasteiger partial charge in [-0.3, -0.25) is 4.90 Å². The summed E-state index contributed by atoms with van der Waals surface area (Å²) in [4.78, 5) is 7.66. The Hall–Kier alpha value is -2.12. The van der Waals surface area contributed by atoms with Crippen molar-refractivity contribution >= 4 is 11.3 Å². The van der Waals surface area contributed by atoms with Gasteiger partial charge in [-0.05, 0) is 38.6 Å². The molecule has 3 aromatic rings. The van der Waals surface area contributed by atoms with E-state index in [1.54, 1.807) is 23.5 Å². The Balaban J connectivity index is 1.59. The summed E-state index contributed by atoms with van der Waals surface area (Å²) in [5.41, 5.74) is 3.55. The van der Waals surface area contributed by atoms with Crippen molar-refractivity contribution in [1.82, 2.24) is 20.1 Å². The Morgan fingerprint density at radius 2 is 2.17 bits per heavy atom. The van der Waals surface area contributed by atoms with Crippen LogP contribution >= 0.6 is 11.3 Å². The lowest BCUT2D eigenvalue weighted by Gasteiger charge is -2.13. The van der Waals surface area contributed by atoms with Gasteiger partial charge in [0.15, 0.2) is 0 Å². The van der Waals surface area contributed by atoms with E-state index in [4.69, 9.17) is 4.42 Å². The van der Waals surface area contributed by atoms with Crippen molar-refractivity contribution in [3.8, 4) is 11.5 Å². The van der Waals surface area contributed by atoms with Crippen molar-refractivity contribution in [2.75, 3.05) is 13.6 Å². The standard InChI is InChI=1S/C16H17FN4OS/c1-11-14(23-10-18-11)6-7-21(2)9-15-19-20-16(22-15)12-4-3-5-13(17)8-12/h3-5,8,10H,6-7,9H2,1-2H3. The van der Waals surface area contributed by atoms with Gasteiger partial charge in [-0.25, -0.2) is 9.37 Å². The summed E-state index contributed by atoms with van der Waals surface area (Å²) in [6.07, 6.45) is 0.942. The van der Waals surface area contributed by atoms with Gasteiger partial charge in [0.1, 0.15) is 5.82 Å². The summed E-state index contributed by atoms with van der Waals surface area (Å²) in [6, 6.07) is 6.14. The quantitative estimate of drug-likeness (QED) is 0.693. The first-order valence-corrected chi connectivity index (χ1v) is 8.15. The maximum absolute atomic E-state index is 13.2. The molecular weight excluding hydrogens is 315 g/mol. The normalized spacial score (nSPS) is 11.3. The lowest BCUT2D eigenvalue weighted by Crippen LogP contribution is -2.20. The van der Waals surface area contributed by atoms with Gasteiger partial charge < -0.3 is 4.42 Å². The van der Waals surface area contributed by atoms with Crippen LogP contribution in [-0.2, 0) is 13.0 Å². The maximum atomic E-state index is 13.2. The zero-order chi connectivity index (χ0) is 16.2. The second-order valence-corrected chi connectivity index (χ2v) is 6.30. The number of aryl methyl sites for hydroxylation is 1. The average Bonchev–Trinajstić information content (AvgIpc) is 3.14. The van der Waals surface area contributed by atoms with Crippen molar-refractivity contribution in [3.05, 3.63) is 52.1 Å². The molecular formula is C16H17FN4OS. The molecule has 0 radical (unpaired) electrons.